The van der Waals surface area contributed by atoms with Gasteiger partial charge in [-0.15, -0.1) is 0 Å². The average molecular weight is 287 g/mol. The summed E-state index contributed by atoms with van der Waals surface area (Å²) >= 11 is 1.68. The normalized spacial score (nSPS) is 20.3. The Balaban J connectivity index is 1.91. The Morgan fingerprint density at radius 2 is 1.75 bits per heavy atom. The topological polar surface area (TPSA) is 31.4 Å². The van der Waals surface area contributed by atoms with Gasteiger partial charge >= 0.3 is 7.12 Å². The fourth-order valence-electron chi connectivity index (χ4n) is 2.15. The molecule has 0 saturated carbocycles. The number of thiophene rings is 1. The van der Waals surface area contributed by atoms with Crippen LogP contribution in [0.1, 0.15) is 27.7 Å². The molecule has 0 aliphatic carbocycles. The molecule has 0 atom stereocenters. The summed E-state index contributed by atoms with van der Waals surface area (Å²) in [6, 6.07) is 4.19. The van der Waals surface area contributed by atoms with E-state index in [2.05, 4.69) is 55.6 Å². The Hall–Kier alpha value is -1.17. The van der Waals surface area contributed by atoms with E-state index in [1.54, 1.807) is 11.3 Å². The molecule has 3 heterocycles. The second kappa shape index (κ2) is 4.69. The minimum Gasteiger partial charge on any atom is -0.399 e. The fourth-order valence-corrected chi connectivity index (χ4v) is 2.82. The molecule has 20 heavy (non-hydrogen) atoms. The maximum atomic E-state index is 6.06. The molecule has 1 saturated heterocycles. The first-order valence-electron chi connectivity index (χ1n) is 6.72. The predicted molar refractivity (Wildman–Crippen MR) is 83.3 cm³/mol. The molecule has 3 rings (SSSR count). The molecule has 104 valence electrons. The van der Waals surface area contributed by atoms with Crippen molar-refractivity contribution >= 4 is 23.9 Å². The quantitative estimate of drug-likeness (QED) is 0.795. The molecule has 0 aromatic carbocycles. The highest BCUT2D eigenvalue weighted by atomic mass is 32.1. The van der Waals surface area contributed by atoms with Gasteiger partial charge < -0.3 is 9.31 Å². The summed E-state index contributed by atoms with van der Waals surface area (Å²) in [4.78, 5) is 4.33. The molecule has 0 amide bonds. The van der Waals surface area contributed by atoms with Crippen LogP contribution < -0.4 is 5.46 Å². The molecule has 0 radical (unpaired) electrons. The van der Waals surface area contributed by atoms with Crippen molar-refractivity contribution in [1.82, 2.24) is 4.98 Å². The average Bonchev–Trinajstić information content (AvgIpc) is 2.97. The summed E-state index contributed by atoms with van der Waals surface area (Å²) in [6.07, 6.45) is 3.69. The number of rotatable bonds is 2. The Morgan fingerprint density at radius 1 is 1.05 bits per heavy atom. The van der Waals surface area contributed by atoms with Crippen molar-refractivity contribution in [2.24, 2.45) is 0 Å². The summed E-state index contributed by atoms with van der Waals surface area (Å²) in [5.41, 5.74) is 2.60. The fraction of sp³-hybridized carbons (Fsp3) is 0.400. The van der Waals surface area contributed by atoms with E-state index in [1.807, 2.05) is 12.4 Å². The van der Waals surface area contributed by atoms with Crippen molar-refractivity contribution in [1.29, 1.82) is 0 Å². The zero-order valence-electron chi connectivity index (χ0n) is 12.2. The van der Waals surface area contributed by atoms with Gasteiger partial charge in [-0.3, -0.25) is 4.98 Å². The van der Waals surface area contributed by atoms with Crippen molar-refractivity contribution in [3.05, 3.63) is 35.3 Å². The van der Waals surface area contributed by atoms with Crippen LogP contribution in [0.2, 0.25) is 0 Å². The molecule has 2 aromatic rings. The first kappa shape index (κ1) is 13.8. The van der Waals surface area contributed by atoms with E-state index in [0.29, 0.717) is 0 Å². The molecular formula is C15H18BNO2S. The molecule has 0 spiro atoms. The van der Waals surface area contributed by atoms with Crippen molar-refractivity contribution in [2.75, 3.05) is 0 Å². The third-order valence-electron chi connectivity index (χ3n) is 4.14. The highest BCUT2D eigenvalue weighted by Crippen LogP contribution is 2.36. The third kappa shape index (κ3) is 2.30. The minimum absolute atomic E-state index is 0.323. The summed E-state index contributed by atoms with van der Waals surface area (Å²) < 4.78 is 12.1. The molecule has 5 heteroatoms. The monoisotopic (exact) mass is 287 g/mol. The van der Waals surface area contributed by atoms with Crippen LogP contribution in [0.3, 0.4) is 0 Å². The SMILES string of the molecule is CC1(C)OB(c2cncc(-c3ccsc3)c2)OC1(C)C. The molecule has 2 aromatic heterocycles. The van der Waals surface area contributed by atoms with Crippen molar-refractivity contribution in [3.63, 3.8) is 0 Å². The van der Waals surface area contributed by atoms with Crippen LogP contribution in [0, 0.1) is 0 Å². The largest absolute Gasteiger partial charge is 0.496 e. The predicted octanol–water partition coefficient (Wildman–Crippen LogP) is 3.11. The van der Waals surface area contributed by atoms with E-state index >= 15 is 0 Å². The second-order valence-corrected chi connectivity index (χ2v) is 6.89. The van der Waals surface area contributed by atoms with Gasteiger partial charge in [-0.1, -0.05) is 6.07 Å². The van der Waals surface area contributed by atoms with Crippen LogP contribution in [-0.2, 0) is 9.31 Å². The molecule has 0 N–H and O–H groups in total. The first-order chi connectivity index (χ1) is 9.39. The third-order valence-corrected chi connectivity index (χ3v) is 4.82. The van der Waals surface area contributed by atoms with Crippen LogP contribution in [0.5, 0.6) is 0 Å². The summed E-state index contributed by atoms with van der Waals surface area (Å²) in [7, 11) is -0.355. The molecule has 1 fully saturated rings. The van der Waals surface area contributed by atoms with E-state index in [-0.39, 0.29) is 18.3 Å². The lowest BCUT2D eigenvalue weighted by Gasteiger charge is -2.32. The number of aromatic nitrogens is 1. The smallest absolute Gasteiger partial charge is 0.399 e. The van der Waals surface area contributed by atoms with Gasteiger partial charge in [-0.2, -0.15) is 11.3 Å². The van der Waals surface area contributed by atoms with Crippen LogP contribution >= 0.6 is 11.3 Å². The van der Waals surface area contributed by atoms with Crippen molar-refractivity contribution in [3.8, 4) is 11.1 Å². The van der Waals surface area contributed by atoms with E-state index in [4.69, 9.17) is 9.31 Å². The van der Waals surface area contributed by atoms with E-state index < -0.39 is 0 Å². The van der Waals surface area contributed by atoms with Crippen LogP contribution in [-0.4, -0.2) is 23.3 Å². The Bertz CT molecular complexity index is 594. The standard InChI is InChI=1S/C15H18BNO2S/c1-14(2)15(3,4)19-16(18-14)13-7-12(8-17-9-13)11-5-6-20-10-11/h5-10H,1-4H3. The van der Waals surface area contributed by atoms with Gasteiger partial charge in [0.2, 0.25) is 0 Å². The van der Waals surface area contributed by atoms with E-state index in [9.17, 15) is 0 Å². The number of pyridine rings is 1. The lowest BCUT2D eigenvalue weighted by molar-refractivity contribution is 0.00578. The van der Waals surface area contributed by atoms with Gasteiger partial charge in [0.25, 0.3) is 0 Å². The summed E-state index contributed by atoms with van der Waals surface area (Å²) in [5.74, 6) is 0. The Kier molecular flexibility index (Phi) is 3.24. The molecule has 0 unspecified atom stereocenters. The summed E-state index contributed by atoms with van der Waals surface area (Å²) in [6.45, 7) is 8.23. The molecule has 1 aliphatic rings. The number of hydrogen-bond acceptors (Lipinski definition) is 4. The van der Waals surface area contributed by atoms with Gasteiger partial charge in [0.1, 0.15) is 0 Å². The van der Waals surface area contributed by atoms with Crippen molar-refractivity contribution < 1.29 is 9.31 Å². The zero-order valence-corrected chi connectivity index (χ0v) is 13.0. The summed E-state index contributed by atoms with van der Waals surface area (Å²) in [5, 5.41) is 4.18. The number of hydrogen-bond donors (Lipinski definition) is 0. The highest BCUT2D eigenvalue weighted by molar-refractivity contribution is 7.08. The highest BCUT2D eigenvalue weighted by Gasteiger charge is 2.51. The number of nitrogens with zero attached hydrogens (tertiary/aromatic N) is 1. The maximum Gasteiger partial charge on any atom is 0.496 e. The zero-order chi connectivity index (χ0) is 14.4. The van der Waals surface area contributed by atoms with Gasteiger partial charge in [0.15, 0.2) is 0 Å². The maximum absolute atomic E-state index is 6.06. The van der Waals surface area contributed by atoms with Gasteiger partial charge in [0.05, 0.1) is 11.2 Å². The molecular weight excluding hydrogens is 269 g/mol. The van der Waals surface area contributed by atoms with Crippen LogP contribution in [0.4, 0.5) is 0 Å². The second-order valence-electron chi connectivity index (χ2n) is 6.11. The first-order valence-corrected chi connectivity index (χ1v) is 7.66. The minimum atomic E-state index is -0.355. The van der Waals surface area contributed by atoms with Gasteiger partial charge in [-0.25, -0.2) is 0 Å². The van der Waals surface area contributed by atoms with E-state index in [1.165, 1.54) is 5.56 Å². The molecule has 1 aliphatic heterocycles. The Morgan fingerprint density at radius 3 is 2.35 bits per heavy atom. The van der Waals surface area contributed by atoms with E-state index in [0.717, 1.165) is 11.0 Å². The van der Waals surface area contributed by atoms with Crippen LogP contribution in [0.25, 0.3) is 11.1 Å². The lowest BCUT2D eigenvalue weighted by atomic mass is 9.79. The molecule has 0 bridgehead atoms. The van der Waals surface area contributed by atoms with Crippen LogP contribution in [0.15, 0.2) is 35.3 Å². The Labute approximate surface area is 124 Å². The lowest BCUT2D eigenvalue weighted by Crippen LogP contribution is -2.41. The van der Waals surface area contributed by atoms with Gasteiger partial charge in [0, 0.05) is 23.4 Å². The van der Waals surface area contributed by atoms with Crippen molar-refractivity contribution in [2.45, 2.75) is 38.9 Å². The molecule has 3 nitrogen and oxygen atoms in total. The van der Waals surface area contributed by atoms with Gasteiger partial charge in [-0.05, 0) is 50.1 Å².